The molecule has 6 heteroatoms. The molecule has 0 aliphatic heterocycles. The van der Waals surface area contributed by atoms with Gasteiger partial charge in [-0.05, 0) is 48.2 Å². The van der Waals surface area contributed by atoms with Crippen LogP contribution in [0, 0.1) is 7.43 Å². The van der Waals surface area contributed by atoms with Crippen LogP contribution in [0.4, 0.5) is 5.69 Å². The summed E-state index contributed by atoms with van der Waals surface area (Å²) in [6.45, 7) is 6.94. The summed E-state index contributed by atoms with van der Waals surface area (Å²) in [5, 5.41) is 0. The van der Waals surface area contributed by atoms with Crippen molar-refractivity contribution in [2.24, 2.45) is 0 Å². The molecule has 1 aromatic heterocycles. The van der Waals surface area contributed by atoms with Crippen molar-refractivity contribution in [3.05, 3.63) is 139 Å². The van der Waals surface area contributed by atoms with E-state index in [1.165, 1.54) is 16.8 Å². The van der Waals surface area contributed by atoms with Crippen LogP contribution in [0.25, 0.3) is 12.2 Å². The molecular formula is C35H43N2O3P. The van der Waals surface area contributed by atoms with Crippen LogP contribution in [0.1, 0.15) is 42.5 Å². The summed E-state index contributed by atoms with van der Waals surface area (Å²) in [7, 11) is -2.98. The first-order valence-corrected chi connectivity index (χ1v) is 15.8. The van der Waals surface area contributed by atoms with Crippen molar-refractivity contribution in [3.63, 3.8) is 0 Å². The number of hydrogen-bond donors (Lipinski definition) is 0. The van der Waals surface area contributed by atoms with Crippen molar-refractivity contribution >= 4 is 25.4 Å². The maximum absolute atomic E-state index is 12.6. The highest BCUT2D eigenvalue weighted by Gasteiger charge is 2.23. The molecule has 4 rings (SSSR count). The first-order valence-electron chi connectivity index (χ1n) is 14.0. The van der Waals surface area contributed by atoms with E-state index < -0.39 is 7.60 Å². The molecule has 41 heavy (non-hydrogen) atoms. The predicted molar refractivity (Wildman–Crippen MR) is 172 cm³/mol. The smallest absolute Gasteiger partial charge is 0.330 e. The fourth-order valence-corrected chi connectivity index (χ4v) is 6.22. The first kappa shape index (κ1) is 32.0. The number of pyridine rings is 1. The van der Waals surface area contributed by atoms with Gasteiger partial charge in [0.25, 0.3) is 0 Å². The van der Waals surface area contributed by atoms with Crippen LogP contribution < -0.4 is 9.47 Å². The highest BCUT2D eigenvalue weighted by molar-refractivity contribution is 7.53. The number of hydrogen-bond acceptors (Lipinski definition) is 4. The summed E-state index contributed by atoms with van der Waals surface area (Å²) < 4.78 is 25.5. The average Bonchev–Trinajstić information content (AvgIpc) is 2.98. The van der Waals surface area contributed by atoms with Crippen molar-refractivity contribution in [3.8, 4) is 0 Å². The van der Waals surface area contributed by atoms with Gasteiger partial charge in [-0.3, -0.25) is 4.57 Å². The Balaban J connectivity index is 0.00000462. The molecule has 0 atom stereocenters. The Morgan fingerprint density at radius 3 is 1.68 bits per heavy atom. The summed E-state index contributed by atoms with van der Waals surface area (Å²) in [6.07, 6.45) is 9.54. The van der Waals surface area contributed by atoms with Gasteiger partial charge in [0.15, 0.2) is 12.4 Å². The molecule has 5 nitrogen and oxygen atoms in total. The van der Waals surface area contributed by atoms with E-state index in [4.69, 9.17) is 9.05 Å². The molecule has 4 aromatic rings. The normalized spacial score (nSPS) is 11.4. The minimum Gasteiger partial charge on any atom is -0.363 e. The Morgan fingerprint density at radius 1 is 0.707 bits per heavy atom. The van der Waals surface area contributed by atoms with Crippen LogP contribution >= 0.6 is 7.60 Å². The second-order valence-corrected chi connectivity index (χ2v) is 11.8. The third-order valence-electron chi connectivity index (χ3n) is 6.58. The summed E-state index contributed by atoms with van der Waals surface area (Å²) in [5.41, 5.74) is 6.07. The van der Waals surface area contributed by atoms with Gasteiger partial charge in [0, 0.05) is 37.3 Å². The lowest BCUT2D eigenvalue weighted by Crippen LogP contribution is -2.33. The molecule has 0 bridgehead atoms. The zero-order chi connectivity index (χ0) is 28.0. The van der Waals surface area contributed by atoms with Crippen LogP contribution in [-0.4, -0.2) is 19.4 Å². The Morgan fingerprint density at radius 2 is 1.20 bits per heavy atom. The van der Waals surface area contributed by atoms with E-state index >= 15 is 0 Å². The van der Waals surface area contributed by atoms with Gasteiger partial charge in [-0.1, -0.05) is 84.9 Å². The minimum atomic E-state index is -2.98. The molecule has 0 saturated carbocycles. The summed E-state index contributed by atoms with van der Waals surface area (Å²) in [4.78, 5) is 2.41. The van der Waals surface area contributed by atoms with E-state index in [0.717, 1.165) is 37.2 Å². The molecule has 0 radical (unpaired) electrons. The second kappa shape index (κ2) is 16.7. The topological polar surface area (TPSA) is 42.7 Å². The third-order valence-corrected chi connectivity index (χ3v) is 8.74. The molecule has 0 N–H and O–H groups in total. The van der Waals surface area contributed by atoms with E-state index in [0.29, 0.717) is 19.4 Å². The number of aromatic nitrogens is 1. The van der Waals surface area contributed by atoms with Gasteiger partial charge >= 0.3 is 7.60 Å². The maximum atomic E-state index is 12.6. The molecular weight excluding hydrogens is 527 g/mol. The highest BCUT2D eigenvalue weighted by Crippen LogP contribution is 2.48. The van der Waals surface area contributed by atoms with Crippen LogP contribution in [0.2, 0.25) is 0 Å². The molecule has 3 aromatic carbocycles. The minimum absolute atomic E-state index is 0. The molecule has 0 spiro atoms. The van der Waals surface area contributed by atoms with Crippen LogP contribution in [-0.2, 0) is 33.2 Å². The van der Waals surface area contributed by atoms with Gasteiger partial charge < -0.3 is 21.4 Å². The number of aryl methyl sites for hydroxylation is 1. The standard InChI is InChI=1S/C34H40N2O3P.CH3/c1-3-38-40(37,39-4-2)27-11-24-35-25-22-31(23-26-35)17-16-30-18-20-34(21-19-30)36(28-32-12-7-5-8-13-32)29-33-14-9-6-10-15-33;/h5-10,12-23,25-26H,3-4,11,24,27-29H2,1-2H3;1H3/q+1;-1. The SMILES string of the molecule is CCOP(=O)(CCC[n+]1ccc(C=Cc2ccc(N(Cc3ccccc3)Cc3ccccc3)cc2)cc1)OCC.[CH3-]. The quantitative estimate of drug-likeness (QED) is 0.0817. The largest absolute Gasteiger partial charge is 0.363 e. The molecule has 0 fully saturated rings. The van der Waals surface area contributed by atoms with Crippen molar-refractivity contribution in [1.29, 1.82) is 0 Å². The van der Waals surface area contributed by atoms with E-state index in [2.05, 4.69) is 131 Å². The lowest BCUT2D eigenvalue weighted by Gasteiger charge is -2.25. The summed E-state index contributed by atoms with van der Waals surface area (Å²) in [5.74, 6) is 0. The van der Waals surface area contributed by atoms with Gasteiger partial charge in [-0.2, -0.15) is 0 Å². The van der Waals surface area contributed by atoms with E-state index in [1.807, 2.05) is 13.8 Å². The van der Waals surface area contributed by atoms with Gasteiger partial charge in [-0.15, -0.1) is 0 Å². The number of anilines is 1. The highest BCUT2D eigenvalue weighted by atomic mass is 31.2. The lowest BCUT2D eigenvalue weighted by atomic mass is 10.1. The molecule has 1 heterocycles. The Hall–Kier alpha value is -3.50. The Bertz CT molecular complexity index is 1310. The fraction of sp³-hybridized carbons (Fsp3) is 0.257. The predicted octanol–water partition coefficient (Wildman–Crippen LogP) is 8.46. The van der Waals surface area contributed by atoms with Crippen LogP contribution in [0.3, 0.4) is 0 Å². The molecule has 0 aliphatic rings. The van der Waals surface area contributed by atoms with Gasteiger partial charge in [0.1, 0.15) is 6.54 Å². The number of nitrogens with zero attached hydrogens (tertiary/aromatic N) is 2. The maximum Gasteiger partial charge on any atom is 0.330 e. The zero-order valence-corrected chi connectivity index (χ0v) is 25.5. The molecule has 216 valence electrons. The number of rotatable bonds is 15. The third kappa shape index (κ3) is 10.4. The molecule has 0 unspecified atom stereocenters. The van der Waals surface area contributed by atoms with Crippen LogP contribution in [0.15, 0.2) is 109 Å². The summed E-state index contributed by atoms with van der Waals surface area (Å²) in [6, 6.07) is 34.2. The average molecular weight is 571 g/mol. The Kier molecular flexibility index (Phi) is 13.0. The summed E-state index contributed by atoms with van der Waals surface area (Å²) >= 11 is 0. The number of benzene rings is 3. The Labute approximate surface area is 246 Å². The second-order valence-electron chi connectivity index (χ2n) is 9.65. The van der Waals surface area contributed by atoms with Crippen LogP contribution in [0.5, 0.6) is 0 Å². The van der Waals surface area contributed by atoms with Gasteiger partial charge in [0.05, 0.1) is 19.4 Å². The first-order chi connectivity index (χ1) is 19.6. The van der Waals surface area contributed by atoms with Gasteiger partial charge in [0.2, 0.25) is 0 Å². The van der Waals surface area contributed by atoms with E-state index in [9.17, 15) is 4.57 Å². The lowest BCUT2D eigenvalue weighted by molar-refractivity contribution is -0.696. The monoisotopic (exact) mass is 570 g/mol. The molecule has 0 aliphatic carbocycles. The molecule has 0 amide bonds. The zero-order valence-electron chi connectivity index (χ0n) is 24.6. The van der Waals surface area contributed by atoms with E-state index in [1.54, 1.807) is 0 Å². The van der Waals surface area contributed by atoms with Crippen molar-refractivity contribution in [1.82, 2.24) is 0 Å². The fourth-order valence-electron chi connectivity index (χ4n) is 4.57. The van der Waals surface area contributed by atoms with Crippen molar-refractivity contribution < 1.29 is 18.2 Å². The molecule has 0 saturated heterocycles. The van der Waals surface area contributed by atoms with Crippen molar-refractivity contribution in [2.45, 2.75) is 39.9 Å². The van der Waals surface area contributed by atoms with Crippen molar-refractivity contribution in [2.75, 3.05) is 24.3 Å². The van der Waals surface area contributed by atoms with Gasteiger partial charge in [-0.25, -0.2) is 4.57 Å². The van der Waals surface area contributed by atoms with E-state index in [-0.39, 0.29) is 7.43 Å².